The highest BCUT2D eigenvalue weighted by Gasteiger charge is 2.44. The van der Waals surface area contributed by atoms with Crippen molar-refractivity contribution in [3.8, 4) is 0 Å². The van der Waals surface area contributed by atoms with Crippen LogP contribution >= 0.6 is 0 Å². The van der Waals surface area contributed by atoms with Crippen LogP contribution in [0.1, 0.15) is 19.3 Å². The molecule has 11 heavy (non-hydrogen) atoms. The van der Waals surface area contributed by atoms with Crippen molar-refractivity contribution in [1.82, 2.24) is 0 Å². The fourth-order valence-electron chi connectivity index (χ4n) is 2.07. The van der Waals surface area contributed by atoms with Gasteiger partial charge in [-0.25, -0.2) is 0 Å². The van der Waals surface area contributed by atoms with Gasteiger partial charge in [-0.05, 0) is 12.8 Å². The number of hydrogen-bond acceptors (Lipinski definition) is 3. The van der Waals surface area contributed by atoms with Crippen LogP contribution in [0, 0.1) is 5.92 Å². The summed E-state index contributed by atoms with van der Waals surface area (Å²) >= 11 is 0. The van der Waals surface area contributed by atoms with Crippen molar-refractivity contribution in [1.29, 1.82) is 0 Å². The van der Waals surface area contributed by atoms with Gasteiger partial charge >= 0.3 is 5.97 Å². The maximum Gasteiger partial charge on any atom is 0.306 e. The second kappa shape index (κ2) is 2.48. The number of rotatable bonds is 1. The van der Waals surface area contributed by atoms with Crippen molar-refractivity contribution in [3.63, 3.8) is 0 Å². The van der Waals surface area contributed by atoms with Crippen molar-refractivity contribution >= 4 is 5.97 Å². The minimum absolute atomic E-state index is 0.0539. The van der Waals surface area contributed by atoms with Crippen LogP contribution in [0.2, 0.25) is 0 Å². The molecule has 0 spiro atoms. The van der Waals surface area contributed by atoms with Crippen LogP contribution in [-0.2, 0) is 14.3 Å². The minimum atomic E-state index is -0.0539. The largest absolute Gasteiger partial charge is 0.459 e. The number of hydrogen-bond donors (Lipinski definition) is 0. The first-order valence-electron chi connectivity index (χ1n) is 4.03. The number of carbonyl (C=O) groups is 1. The van der Waals surface area contributed by atoms with E-state index in [1.54, 1.807) is 7.11 Å². The number of esters is 1. The Kier molecular flexibility index (Phi) is 1.60. The van der Waals surface area contributed by atoms with Crippen molar-refractivity contribution in [2.24, 2.45) is 5.92 Å². The lowest BCUT2D eigenvalue weighted by Crippen LogP contribution is -2.25. The van der Waals surface area contributed by atoms with Crippen LogP contribution in [0.5, 0.6) is 0 Å². The Bertz CT molecular complexity index is 178. The summed E-state index contributed by atoms with van der Waals surface area (Å²) in [6.45, 7) is 0. The Balaban J connectivity index is 2.07. The molecule has 3 atom stereocenters. The lowest BCUT2D eigenvalue weighted by molar-refractivity contribution is -0.145. The molecule has 3 nitrogen and oxygen atoms in total. The molecule has 0 aromatic carbocycles. The summed E-state index contributed by atoms with van der Waals surface area (Å²) in [7, 11) is 1.68. The lowest BCUT2D eigenvalue weighted by atomic mass is 10.1. The van der Waals surface area contributed by atoms with E-state index < -0.39 is 0 Å². The zero-order valence-electron chi connectivity index (χ0n) is 6.58. The summed E-state index contributed by atoms with van der Waals surface area (Å²) in [5.41, 5.74) is 0. The predicted octanol–water partition coefficient (Wildman–Crippen LogP) is 0.727. The van der Waals surface area contributed by atoms with E-state index in [1.165, 1.54) is 0 Å². The second-order valence-corrected chi connectivity index (χ2v) is 3.27. The fraction of sp³-hybridized carbons (Fsp3) is 0.875. The van der Waals surface area contributed by atoms with E-state index in [1.807, 2.05) is 0 Å². The first kappa shape index (κ1) is 7.10. The molecular weight excluding hydrogens is 144 g/mol. The number of methoxy groups -OCH3 is 1. The van der Waals surface area contributed by atoms with E-state index in [0.717, 1.165) is 12.8 Å². The average Bonchev–Trinajstić information content (AvgIpc) is 2.45. The first-order chi connectivity index (χ1) is 5.31. The van der Waals surface area contributed by atoms with Crippen LogP contribution in [-0.4, -0.2) is 25.3 Å². The van der Waals surface area contributed by atoms with Gasteiger partial charge in [0.15, 0.2) is 0 Å². The molecule has 0 aromatic heterocycles. The van der Waals surface area contributed by atoms with Crippen molar-refractivity contribution in [2.45, 2.75) is 31.5 Å². The first-order valence-corrected chi connectivity index (χ1v) is 4.03. The summed E-state index contributed by atoms with van der Waals surface area (Å²) in [6, 6.07) is 0. The molecule has 0 bridgehead atoms. The Hall–Kier alpha value is -0.570. The zero-order chi connectivity index (χ0) is 7.84. The molecule has 1 aliphatic carbocycles. The van der Waals surface area contributed by atoms with Gasteiger partial charge in [0.2, 0.25) is 0 Å². The molecule has 0 aromatic rings. The third-order valence-corrected chi connectivity index (χ3v) is 2.65. The SMILES string of the molecule is COC1CCC2CC(=O)OC21. The van der Waals surface area contributed by atoms with E-state index in [-0.39, 0.29) is 18.2 Å². The van der Waals surface area contributed by atoms with Gasteiger partial charge in [-0.15, -0.1) is 0 Å². The Labute approximate surface area is 65.7 Å². The standard InChI is InChI=1S/C8H12O3/c1-10-6-3-2-5-4-7(9)11-8(5)6/h5-6,8H,2-4H2,1H3. The maximum absolute atomic E-state index is 10.8. The summed E-state index contributed by atoms with van der Waals surface area (Å²) in [5, 5.41) is 0. The Morgan fingerprint density at radius 3 is 3.09 bits per heavy atom. The van der Waals surface area contributed by atoms with Crippen LogP contribution in [0.3, 0.4) is 0 Å². The van der Waals surface area contributed by atoms with Crippen LogP contribution in [0.25, 0.3) is 0 Å². The van der Waals surface area contributed by atoms with Gasteiger partial charge in [0.05, 0.1) is 12.5 Å². The summed E-state index contributed by atoms with van der Waals surface area (Å²) in [5.74, 6) is 0.384. The molecule has 3 heteroatoms. The number of carbonyl (C=O) groups excluding carboxylic acids is 1. The van der Waals surface area contributed by atoms with Crippen LogP contribution in [0.15, 0.2) is 0 Å². The molecule has 3 unspecified atom stereocenters. The quantitative estimate of drug-likeness (QED) is 0.525. The van der Waals surface area contributed by atoms with Crippen LogP contribution in [0.4, 0.5) is 0 Å². The monoisotopic (exact) mass is 156 g/mol. The predicted molar refractivity (Wildman–Crippen MR) is 38.0 cm³/mol. The number of ether oxygens (including phenoxy) is 2. The van der Waals surface area contributed by atoms with Gasteiger partial charge in [-0.2, -0.15) is 0 Å². The van der Waals surface area contributed by atoms with E-state index in [0.29, 0.717) is 12.3 Å². The van der Waals surface area contributed by atoms with E-state index in [2.05, 4.69) is 0 Å². The third-order valence-electron chi connectivity index (χ3n) is 2.65. The average molecular weight is 156 g/mol. The Morgan fingerprint density at radius 2 is 2.36 bits per heavy atom. The highest BCUT2D eigenvalue weighted by molar-refractivity contribution is 5.72. The fourth-order valence-corrected chi connectivity index (χ4v) is 2.07. The normalized spacial score (nSPS) is 42.3. The molecule has 2 fully saturated rings. The maximum atomic E-state index is 10.8. The summed E-state index contributed by atoms with van der Waals surface area (Å²) in [4.78, 5) is 10.8. The summed E-state index contributed by atoms with van der Waals surface area (Å²) in [6.07, 6.45) is 2.94. The molecular formula is C8H12O3. The van der Waals surface area contributed by atoms with Crippen LogP contribution < -0.4 is 0 Å². The molecule has 0 N–H and O–H groups in total. The van der Waals surface area contributed by atoms with Crippen molar-refractivity contribution in [2.75, 3.05) is 7.11 Å². The molecule has 62 valence electrons. The molecule has 1 aliphatic heterocycles. The third kappa shape index (κ3) is 1.03. The van der Waals surface area contributed by atoms with Gasteiger partial charge in [0.1, 0.15) is 6.10 Å². The number of fused-ring (bicyclic) bond motifs is 1. The van der Waals surface area contributed by atoms with Gasteiger partial charge in [0.25, 0.3) is 0 Å². The molecule has 1 saturated carbocycles. The molecule has 2 aliphatic rings. The highest BCUT2D eigenvalue weighted by atomic mass is 16.6. The Morgan fingerprint density at radius 1 is 1.55 bits per heavy atom. The van der Waals surface area contributed by atoms with Crippen molar-refractivity contribution in [3.05, 3.63) is 0 Å². The molecule has 1 saturated heterocycles. The lowest BCUT2D eigenvalue weighted by Gasteiger charge is -2.15. The van der Waals surface area contributed by atoms with Gasteiger partial charge in [-0.1, -0.05) is 0 Å². The van der Waals surface area contributed by atoms with Crippen molar-refractivity contribution < 1.29 is 14.3 Å². The smallest absolute Gasteiger partial charge is 0.306 e. The van der Waals surface area contributed by atoms with Gasteiger partial charge in [-0.3, -0.25) is 4.79 Å². The van der Waals surface area contributed by atoms with E-state index in [9.17, 15) is 4.79 Å². The van der Waals surface area contributed by atoms with E-state index >= 15 is 0 Å². The molecule has 2 rings (SSSR count). The highest BCUT2D eigenvalue weighted by Crippen LogP contribution is 2.37. The molecule has 0 amide bonds. The molecule has 1 heterocycles. The van der Waals surface area contributed by atoms with Gasteiger partial charge < -0.3 is 9.47 Å². The van der Waals surface area contributed by atoms with E-state index in [4.69, 9.17) is 9.47 Å². The second-order valence-electron chi connectivity index (χ2n) is 3.27. The minimum Gasteiger partial charge on any atom is -0.459 e. The van der Waals surface area contributed by atoms with Gasteiger partial charge in [0, 0.05) is 13.0 Å². The molecule has 0 radical (unpaired) electrons. The zero-order valence-corrected chi connectivity index (χ0v) is 6.58. The summed E-state index contributed by atoms with van der Waals surface area (Å²) < 4.78 is 10.3. The topological polar surface area (TPSA) is 35.5 Å².